The van der Waals surface area contributed by atoms with Crippen LogP contribution in [0.3, 0.4) is 0 Å². The molecule has 0 atom stereocenters. The van der Waals surface area contributed by atoms with Crippen molar-refractivity contribution in [2.24, 2.45) is 0 Å². The Morgan fingerprint density at radius 2 is 0.688 bits per heavy atom. The van der Waals surface area contributed by atoms with E-state index in [2.05, 4.69) is 27.8 Å². The fourth-order valence-corrected chi connectivity index (χ4v) is 4.16. The van der Waals surface area contributed by atoms with E-state index in [1.807, 2.05) is 0 Å². The molecule has 32 heavy (non-hydrogen) atoms. The first-order valence-corrected chi connectivity index (χ1v) is 13.6. The van der Waals surface area contributed by atoms with Gasteiger partial charge in [0.2, 0.25) is 0 Å². The van der Waals surface area contributed by atoms with E-state index < -0.39 is 11.9 Å². The van der Waals surface area contributed by atoms with Crippen molar-refractivity contribution in [3.05, 3.63) is 0 Å². The third-order valence-electron chi connectivity index (χ3n) is 6.34. The molecular weight excluding hydrogens is 402 g/mol. The summed E-state index contributed by atoms with van der Waals surface area (Å²) in [5, 5.41) is 14.8. The van der Waals surface area contributed by atoms with Crippen LogP contribution in [0.15, 0.2) is 0 Å². The van der Waals surface area contributed by atoms with Gasteiger partial charge >= 0.3 is 11.9 Å². The summed E-state index contributed by atoms with van der Waals surface area (Å²) in [7, 11) is 2.56. The molecule has 0 saturated heterocycles. The summed E-state index contributed by atoms with van der Waals surface area (Å²) in [6, 6.07) is 0. The van der Waals surface area contributed by atoms with E-state index in [4.69, 9.17) is 19.8 Å². The van der Waals surface area contributed by atoms with Crippen molar-refractivity contribution in [1.29, 1.82) is 0 Å². The van der Waals surface area contributed by atoms with Gasteiger partial charge in [0, 0.05) is 0 Å². The van der Waals surface area contributed by atoms with E-state index in [1.54, 1.807) is 0 Å². The Kier molecular flexibility index (Phi) is 25.4. The first kappa shape index (κ1) is 33.1. The summed E-state index contributed by atoms with van der Waals surface area (Å²) >= 11 is 0. The monoisotopic (exact) mass is 458 g/mol. The summed E-state index contributed by atoms with van der Waals surface area (Å²) in [4.78, 5) is 18.2. The average molecular weight is 459 g/mol. The molecule has 0 aliphatic carbocycles. The lowest BCUT2D eigenvalue weighted by atomic mass is 10.1. The molecular formula is C27H56NO4+. The third-order valence-corrected chi connectivity index (χ3v) is 6.34. The highest BCUT2D eigenvalue weighted by molar-refractivity contribution is 6.27. The van der Waals surface area contributed by atoms with E-state index in [-0.39, 0.29) is 0 Å². The van der Waals surface area contributed by atoms with Crippen molar-refractivity contribution in [3.8, 4) is 0 Å². The van der Waals surface area contributed by atoms with Crippen molar-refractivity contribution in [2.75, 3.05) is 26.7 Å². The van der Waals surface area contributed by atoms with Gasteiger partial charge in [-0.15, -0.1) is 0 Å². The predicted octanol–water partition coefficient (Wildman–Crippen LogP) is 7.67. The van der Waals surface area contributed by atoms with Crippen molar-refractivity contribution in [2.45, 2.75) is 136 Å². The van der Waals surface area contributed by atoms with Crippen molar-refractivity contribution < 1.29 is 24.3 Å². The van der Waals surface area contributed by atoms with Crippen LogP contribution in [0.25, 0.3) is 0 Å². The molecule has 0 amide bonds. The first-order valence-electron chi connectivity index (χ1n) is 13.6. The highest BCUT2D eigenvalue weighted by Crippen LogP contribution is 2.16. The van der Waals surface area contributed by atoms with E-state index in [0.717, 1.165) is 0 Å². The van der Waals surface area contributed by atoms with Crippen LogP contribution in [-0.2, 0) is 9.59 Å². The molecule has 0 aliphatic heterocycles. The summed E-state index contributed by atoms with van der Waals surface area (Å²) < 4.78 is 1.36. The van der Waals surface area contributed by atoms with Crippen molar-refractivity contribution in [1.82, 2.24) is 0 Å². The molecule has 0 aromatic carbocycles. The minimum absolute atomic E-state index is 1.36. The van der Waals surface area contributed by atoms with Gasteiger partial charge in [-0.05, 0) is 38.5 Å². The topological polar surface area (TPSA) is 74.6 Å². The van der Waals surface area contributed by atoms with Crippen LogP contribution in [0.2, 0.25) is 0 Å². The van der Waals surface area contributed by atoms with E-state index in [1.165, 1.54) is 140 Å². The number of carboxylic acid groups (broad SMARTS) is 2. The maximum atomic E-state index is 9.10. The summed E-state index contributed by atoms with van der Waals surface area (Å²) in [6.45, 7) is 11.2. The van der Waals surface area contributed by atoms with Gasteiger partial charge in [-0.1, -0.05) is 97.8 Å². The molecule has 0 unspecified atom stereocenters. The molecule has 0 radical (unpaired) electrons. The second-order valence-electron chi connectivity index (χ2n) is 9.70. The molecule has 0 bridgehead atoms. The summed E-state index contributed by atoms with van der Waals surface area (Å²) in [5.74, 6) is -3.65. The summed E-state index contributed by atoms with van der Waals surface area (Å²) in [6.07, 6.45) is 25.9. The molecule has 0 saturated carbocycles. The van der Waals surface area contributed by atoms with Crippen LogP contribution in [0.4, 0.5) is 0 Å². The van der Waals surface area contributed by atoms with Crippen LogP contribution < -0.4 is 0 Å². The number of nitrogens with zero attached hydrogens (tertiary/aromatic N) is 1. The first-order chi connectivity index (χ1) is 15.3. The number of rotatable bonds is 21. The molecule has 0 fully saturated rings. The Morgan fingerprint density at radius 3 is 0.906 bits per heavy atom. The number of aliphatic carboxylic acids is 2. The second-order valence-corrected chi connectivity index (χ2v) is 9.70. The molecule has 5 heteroatoms. The smallest absolute Gasteiger partial charge is 0.414 e. The SMILES string of the molecule is CCCCCCCC[N+](C)(CCCCCCCC)CCCCCCCC.O=C(O)C(=O)O. The maximum Gasteiger partial charge on any atom is 0.414 e. The second kappa shape index (κ2) is 24.5. The highest BCUT2D eigenvalue weighted by atomic mass is 16.4. The van der Waals surface area contributed by atoms with Gasteiger partial charge in [0.15, 0.2) is 0 Å². The minimum atomic E-state index is -1.82. The normalized spacial score (nSPS) is 11.1. The van der Waals surface area contributed by atoms with Crippen LogP contribution in [0.5, 0.6) is 0 Å². The molecule has 5 nitrogen and oxygen atoms in total. The number of carboxylic acids is 2. The third kappa shape index (κ3) is 25.2. The van der Waals surface area contributed by atoms with Crippen molar-refractivity contribution in [3.63, 3.8) is 0 Å². The van der Waals surface area contributed by atoms with Gasteiger partial charge in [-0.3, -0.25) is 0 Å². The average Bonchev–Trinajstić information content (AvgIpc) is 2.76. The van der Waals surface area contributed by atoms with E-state index >= 15 is 0 Å². The van der Waals surface area contributed by atoms with Gasteiger partial charge in [0.05, 0.1) is 26.7 Å². The Bertz CT molecular complexity index is 373. The number of quaternary nitrogens is 1. The van der Waals surface area contributed by atoms with Gasteiger partial charge < -0.3 is 14.7 Å². The van der Waals surface area contributed by atoms with Crippen LogP contribution in [0, 0.1) is 0 Å². The molecule has 0 aromatic heterocycles. The Balaban J connectivity index is 0. The maximum absolute atomic E-state index is 9.10. The zero-order valence-corrected chi connectivity index (χ0v) is 22.0. The van der Waals surface area contributed by atoms with Gasteiger partial charge in [0.1, 0.15) is 0 Å². The van der Waals surface area contributed by atoms with Crippen LogP contribution >= 0.6 is 0 Å². The number of unbranched alkanes of at least 4 members (excludes halogenated alkanes) is 15. The van der Waals surface area contributed by atoms with Gasteiger partial charge in [-0.25, -0.2) is 9.59 Å². The largest absolute Gasteiger partial charge is 0.473 e. The Hall–Kier alpha value is -1.10. The molecule has 0 aromatic rings. The molecule has 0 spiro atoms. The fourth-order valence-electron chi connectivity index (χ4n) is 4.16. The molecule has 0 heterocycles. The number of hydrogen-bond donors (Lipinski definition) is 2. The van der Waals surface area contributed by atoms with Crippen molar-refractivity contribution >= 4 is 11.9 Å². The van der Waals surface area contributed by atoms with Crippen LogP contribution in [0.1, 0.15) is 136 Å². The lowest BCUT2D eigenvalue weighted by molar-refractivity contribution is -0.910. The van der Waals surface area contributed by atoms with Crippen LogP contribution in [-0.4, -0.2) is 53.3 Å². The Morgan fingerprint density at radius 1 is 0.469 bits per heavy atom. The standard InChI is InChI=1S/C25H54N.C2H2O4/c1-5-8-11-14-17-20-23-26(4,24-21-18-15-12-9-6-2)25-22-19-16-13-10-7-3;3-1(4)2(5)6/h5-25H2,1-4H3;(H,3,4)(H,5,6)/q+1;. The van der Waals surface area contributed by atoms with E-state index in [0.29, 0.717) is 0 Å². The number of carbonyl (C=O) groups is 2. The molecule has 0 rings (SSSR count). The van der Waals surface area contributed by atoms with Gasteiger partial charge in [-0.2, -0.15) is 0 Å². The molecule has 2 N–H and O–H groups in total. The van der Waals surface area contributed by atoms with E-state index in [9.17, 15) is 0 Å². The van der Waals surface area contributed by atoms with Gasteiger partial charge in [0.25, 0.3) is 0 Å². The zero-order chi connectivity index (χ0) is 24.5. The lowest BCUT2D eigenvalue weighted by Gasteiger charge is -2.35. The lowest BCUT2D eigenvalue weighted by Crippen LogP contribution is -2.46. The molecule has 192 valence electrons. The fraction of sp³-hybridized carbons (Fsp3) is 0.926. The number of hydrogen-bond acceptors (Lipinski definition) is 2. The Labute approximate surface area is 199 Å². The predicted molar refractivity (Wildman–Crippen MR) is 136 cm³/mol. The minimum Gasteiger partial charge on any atom is -0.473 e. The molecule has 0 aliphatic rings. The summed E-state index contributed by atoms with van der Waals surface area (Å²) in [5.41, 5.74) is 0. The highest BCUT2D eigenvalue weighted by Gasteiger charge is 2.20. The zero-order valence-electron chi connectivity index (χ0n) is 22.0. The quantitative estimate of drug-likeness (QED) is 0.105.